The van der Waals surface area contributed by atoms with Gasteiger partial charge in [0.1, 0.15) is 0 Å². The van der Waals surface area contributed by atoms with Crippen molar-refractivity contribution in [3.63, 3.8) is 0 Å². The molecule has 0 radical (unpaired) electrons. The van der Waals surface area contributed by atoms with Crippen LogP contribution in [0.5, 0.6) is 0 Å². The maximum atomic E-state index is 12.3. The molecular formula is C18H18N4O4. The third-order valence-electron chi connectivity index (χ3n) is 4.08. The summed E-state index contributed by atoms with van der Waals surface area (Å²) in [6.07, 6.45) is 0. The number of benzene rings is 1. The molecule has 1 amide bonds. The van der Waals surface area contributed by atoms with Crippen LogP contribution >= 0.6 is 0 Å². The molecular weight excluding hydrogens is 336 g/mol. The molecule has 0 fully saturated rings. The number of nitrogens with zero attached hydrogens (tertiary/aromatic N) is 2. The van der Waals surface area contributed by atoms with Crippen LogP contribution in [0.2, 0.25) is 0 Å². The Kier molecular flexibility index (Phi) is 4.57. The minimum atomic E-state index is -0.734. The fourth-order valence-corrected chi connectivity index (χ4v) is 2.71. The van der Waals surface area contributed by atoms with Gasteiger partial charge in [-0.25, -0.2) is 4.79 Å². The van der Waals surface area contributed by atoms with Crippen molar-refractivity contribution in [2.24, 2.45) is 7.05 Å². The van der Waals surface area contributed by atoms with Crippen LogP contribution in [0.25, 0.3) is 10.9 Å². The van der Waals surface area contributed by atoms with Crippen LogP contribution in [0.3, 0.4) is 0 Å². The first-order valence-electron chi connectivity index (χ1n) is 7.96. The molecule has 1 aromatic carbocycles. The lowest BCUT2D eigenvalue weighted by atomic mass is 10.1. The SMILES string of the molecule is Cc1nn(C)c(C)c1NC(=O)COC(=O)c1cc(=O)[nH]c2ccccc12. The number of aromatic nitrogens is 3. The van der Waals surface area contributed by atoms with Gasteiger partial charge < -0.3 is 15.0 Å². The molecule has 134 valence electrons. The second-order valence-electron chi connectivity index (χ2n) is 5.89. The Labute approximate surface area is 148 Å². The number of carbonyl (C=O) groups is 2. The smallest absolute Gasteiger partial charge is 0.339 e. The quantitative estimate of drug-likeness (QED) is 0.693. The number of pyridine rings is 1. The number of nitrogens with one attached hydrogen (secondary N) is 2. The van der Waals surface area contributed by atoms with Gasteiger partial charge in [-0.2, -0.15) is 5.10 Å². The summed E-state index contributed by atoms with van der Waals surface area (Å²) in [5, 5.41) is 7.45. The third-order valence-corrected chi connectivity index (χ3v) is 4.08. The molecule has 0 saturated carbocycles. The van der Waals surface area contributed by atoms with Crippen molar-refractivity contribution in [1.82, 2.24) is 14.8 Å². The minimum absolute atomic E-state index is 0.117. The maximum absolute atomic E-state index is 12.3. The second kappa shape index (κ2) is 6.83. The monoisotopic (exact) mass is 354 g/mol. The average molecular weight is 354 g/mol. The molecule has 2 N–H and O–H groups in total. The molecule has 0 bridgehead atoms. The number of rotatable bonds is 4. The molecule has 0 aliphatic heterocycles. The number of ether oxygens (including phenoxy) is 1. The lowest BCUT2D eigenvalue weighted by molar-refractivity contribution is -0.119. The molecule has 8 heteroatoms. The van der Waals surface area contributed by atoms with Gasteiger partial charge in [0.2, 0.25) is 5.56 Å². The van der Waals surface area contributed by atoms with E-state index in [1.165, 1.54) is 0 Å². The molecule has 0 atom stereocenters. The highest BCUT2D eigenvalue weighted by atomic mass is 16.5. The molecule has 2 aromatic heterocycles. The van der Waals surface area contributed by atoms with E-state index in [0.29, 0.717) is 22.3 Å². The molecule has 8 nitrogen and oxygen atoms in total. The minimum Gasteiger partial charge on any atom is -0.452 e. The third kappa shape index (κ3) is 3.34. The zero-order valence-corrected chi connectivity index (χ0v) is 14.6. The number of hydrogen-bond donors (Lipinski definition) is 2. The van der Waals surface area contributed by atoms with Crippen molar-refractivity contribution < 1.29 is 14.3 Å². The predicted octanol–water partition coefficient (Wildman–Crippen LogP) is 1.67. The number of hydrogen-bond acceptors (Lipinski definition) is 5. The number of carbonyl (C=O) groups excluding carboxylic acids is 2. The van der Waals surface area contributed by atoms with Crippen LogP contribution in [0.15, 0.2) is 35.1 Å². The average Bonchev–Trinajstić information content (AvgIpc) is 2.85. The number of esters is 1. The van der Waals surface area contributed by atoms with E-state index in [1.54, 1.807) is 42.9 Å². The zero-order valence-electron chi connectivity index (χ0n) is 14.6. The summed E-state index contributed by atoms with van der Waals surface area (Å²) in [4.78, 5) is 38.8. The Morgan fingerprint density at radius 3 is 2.69 bits per heavy atom. The summed E-state index contributed by atoms with van der Waals surface area (Å²) < 4.78 is 6.73. The first-order valence-corrected chi connectivity index (χ1v) is 7.96. The van der Waals surface area contributed by atoms with Crippen molar-refractivity contribution >= 4 is 28.5 Å². The number of para-hydroxylation sites is 1. The Morgan fingerprint density at radius 1 is 1.27 bits per heavy atom. The Morgan fingerprint density at radius 2 is 2.00 bits per heavy atom. The Hall–Kier alpha value is -3.42. The van der Waals surface area contributed by atoms with E-state index in [0.717, 1.165) is 11.8 Å². The number of aryl methyl sites for hydroxylation is 2. The molecule has 0 spiro atoms. The summed E-state index contributed by atoms with van der Waals surface area (Å²) in [7, 11) is 1.77. The normalized spacial score (nSPS) is 10.7. The van der Waals surface area contributed by atoms with E-state index in [-0.39, 0.29) is 5.56 Å². The zero-order chi connectivity index (χ0) is 18.8. The first-order chi connectivity index (χ1) is 12.4. The molecule has 26 heavy (non-hydrogen) atoms. The number of fused-ring (bicyclic) bond motifs is 1. The van der Waals surface area contributed by atoms with Crippen LogP contribution in [0.1, 0.15) is 21.7 Å². The van der Waals surface area contributed by atoms with Crippen molar-refractivity contribution in [2.75, 3.05) is 11.9 Å². The summed E-state index contributed by atoms with van der Waals surface area (Å²) in [6, 6.07) is 8.05. The van der Waals surface area contributed by atoms with Crippen molar-refractivity contribution in [3.8, 4) is 0 Å². The summed E-state index contributed by atoms with van der Waals surface area (Å²) in [5.41, 5.74) is 2.29. The van der Waals surface area contributed by atoms with Gasteiger partial charge in [-0.15, -0.1) is 0 Å². The van der Waals surface area contributed by atoms with Crippen LogP contribution in [-0.2, 0) is 16.6 Å². The molecule has 0 saturated heterocycles. The molecule has 0 aliphatic rings. The van der Waals surface area contributed by atoms with E-state index in [2.05, 4.69) is 15.4 Å². The Bertz CT molecular complexity index is 1060. The summed E-state index contributed by atoms with van der Waals surface area (Å²) in [6.45, 7) is 3.13. The second-order valence-corrected chi connectivity index (χ2v) is 5.89. The van der Waals surface area contributed by atoms with Crippen molar-refractivity contribution in [2.45, 2.75) is 13.8 Å². The fourth-order valence-electron chi connectivity index (χ4n) is 2.71. The summed E-state index contributed by atoms with van der Waals surface area (Å²) >= 11 is 0. The van der Waals surface area contributed by atoms with Gasteiger partial charge in [0.15, 0.2) is 6.61 Å². The van der Waals surface area contributed by atoms with Crippen molar-refractivity contribution in [3.05, 3.63) is 57.6 Å². The molecule has 2 heterocycles. The van der Waals surface area contributed by atoms with Gasteiger partial charge in [0, 0.05) is 24.0 Å². The van der Waals surface area contributed by atoms with E-state index in [4.69, 9.17) is 4.74 Å². The lowest BCUT2D eigenvalue weighted by Crippen LogP contribution is -2.22. The van der Waals surface area contributed by atoms with Gasteiger partial charge in [0.05, 0.1) is 22.6 Å². The van der Waals surface area contributed by atoms with E-state index < -0.39 is 24.0 Å². The van der Waals surface area contributed by atoms with Crippen LogP contribution < -0.4 is 10.9 Å². The number of H-pyrrole nitrogens is 1. The molecule has 3 rings (SSSR count). The molecule has 0 aliphatic carbocycles. The lowest BCUT2D eigenvalue weighted by Gasteiger charge is -2.08. The standard InChI is InChI=1S/C18H18N4O4/c1-10-17(11(2)22(3)21-10)20-16(24)9-26-18(25)13-8-15(23)19-14-7-5-4-6-12(13)14/h4-8H,9H2,1-3H3,(H,19,23)(H,20,24). The van der Waals surface area contributed by atoms with Gasteiger partial charge in [0.25, 0.3) is 5.91 Å². The number of anilines is 1. The topological polar surface area (TPSA) is 106 Å². The highest BCUT2D eigenvalue weighted by Gasteiger charge is 2.17. The predicted molar refractivity (Wildman–Crippen MR) is 96.2 cm³/mol. The first kappa shape index (κ1) is 17.4. The van der Waals surface area contributed by atoms with Gasteiger partial charge in [-0.1, -0.05) is 18.2 Å². The van der Waals surface area contributed by atoms with Crippen LogP contribution in [-0.4, -0.2) is 33.2 Å². The highest BCUT2D eigenvalue weighted by molar-refractivity contribution is 6.04. The highest BCUT2D eigenvalue weighted by Crippen LogP contribution is 2.18. The van der Waals surface area contributed by atoms with E-state index in [9.17, 15) is 14.4 Å². The van der Waals surface area contributed by atoms with Gasteiger partial charge in [-0.05, 0) is 19.9 Å². The van der Waals surface area contributed by atoms with E-state index >= 15 is 0 Å². The molecule has 0 unspecified atom stereocenters. The van der Waals surface area contributed by atoms with Crippen molar-refractivity contribution in [1.29, 1.82) is 0 Å². The van der Waals surface area contributed by atoms with Gasteiger partial charge in [-0.3, -0.25) is 14.3 Å². The maximum Gasteiger partial charge on any atom is 0.339 e. The van der Waals surface area contributed by atoms with Crippen LogP contribution in [0.4, 0.5) is 5.69 Å². The summed E-state index contributed by atoms with van der Waals surface area (Å²) in [5.74, 6) is -1.21. The molecule has 3 aromatic rings. The Balaban J connectivity index is 1.73. The number of aromatic amines is 1. The largest absolute Gasteiger partial charge is 0.452 e. The van der Waals surface area contributed by atoms with Gasteiger partial charge >= 0.3 is 5.97 Å². The van der Waals surface area contributed by atoms with E-state index in [1.807, 2.05) is 6.92 Å². The van der Waals surface area contributed by atoms with Crippen LogP contribution in [0, 0.1) is 13.8 Å². The number of amides is 1. The fraction of sp³-hybridized carbons (Fsp3) is 0.222.